The summed E-state index contributed by atoms with van der Waals surface area (Å²) in [6.45, 7) is 0.387. The maximum atomic E-state index is 5.22. The van der Waals surface area contributed by atoms with Crippen LogP contribution in [0.3, 0.4) is 0 Å². The van der Waals surface area contributed by atoms with Crippen LogP contribution in [0.5, 0.6) is 0 Å². The van der Waals surface area contributed by atoms with Crippen molar-refractivity contribution in [1.29, 1.82) is 0 Å². The first-order valence-corrected chi connectivity index (χ1v) is 4.59. The van der Waals surface area contributed by atoms with Crippen molar-refractivity contribution >= 4 is 15.9 Å². The lowest BCUT2D eigenvalue weighted by Gasteiger charge is -2.36. The van der Waals surface area contributed by atoms with E-state index in [-0.39, 0.29) is 0 Å². The zero-order chi connectivity index (χ0) is 8.44. The van der Waals surface area contributed by atoms with E-state index in [0.29, 0.717) is 6.79 Å². The maximum Gasteiger partial charge on any atom is 0.234 e. The average molecular weight is 229 g/mol. The molecule has 1 fully saturated rings. The highest BCUT2D eigenvalue weighted by molar-refractivity contribution is 9.10. The van der Waals surface area contributed by atoms with Gasteiger partial charge in [-0.2, -0.15) is 0 Å². The van der Waals surface area contributed by atoms with Crippen molar-refractivity contribution in [2.75, 3.05) is 6.79 Å². The fraction of sp³-hybridized carbons (Fsp3) is 0.333. The van der Waals surface area contributed by atoms with E-state index in [2.05, 4.69) is 15.9 Å². The number of benzene rings is 1. The smallest absolute Gasteiger partial charge is 0.234 e. The summed E-state index contributed by atoms with van der Waals surface area (Å²) in [5, 5.41) is 0. The van der Waals surface area contributed by atoms with Gasteiger partial charge in [0.25, 0.3) is 0 Å². The van der Waals surface area contributed by atoms with Gasteiger partial charge in [-0.05, 0) is 21.5 Å². The lowest BCUT2D eigenvalue weighted by Crippen LogP contribution is -2.42. The van der Waals surface area contributed by atoms with E-state index < -0.39 is 4.70 Å². The fourth-order valence-electron chi connectivity index (χ4n) is 1.13. The molecule has 1 aliphatic rings. The molecule has 2 nitrogen and oxygen atoms in total. The van der Waals surface area contributed by atoms with Gasteiger partial charge in [0.1, 0.15) is 0 Å². The zero-order valence-corrected chi connectivity index (χ0v) is 8.08. The van der Waals surface area contributed by atoms with Gasteiger partial charge in [-0.25, -0.2) is 0 Å². The summed E-state index contributed by atoms with van der Waals surface area (Å²) in [4.78, 5) is 0. The van der Waals surface area contributed by atoms with E-state index in [0.717, 1.165) is 6.42 Å². The molecule has 3 heteroatoms. The second-order valence-corrected chi connectivity index (χ2v) is 3.94. The van der Waals surface area contributed by atoms with Gasteiger partial charge in [-0.1, -0.05) is 30.3 Å². The molecule has 0 aromatic heterocycles. The molecule has 0 unspecified atom stereocenters. The van der Waals surface area contributed by atoms with Crippen LogP contribution in [0, 0.1) is 0 Å². The maximum absolute atomic E-state index is 5.22. The molecule has 1 heterocycles. The molecular formula is C9H9BrO2. The van der Waals surface area contributed by atoms with Crippen molar-refractivity contribution in [2.45, 2.75) is 11.1 Å². The molecule has 0 atom stereocenters. The molecule has 0 radical (unpaired) electrons. The van der Waals surface area contributed by atoms with Crippen LogP contribution in [0.25, 0.3) is 0 Å². The highest BCUT2D eigenvalue weighted by Gasteiger charge is 2.36. The Morgan fingerprint density at radius 3 is 2.42 bits per heavy atom. The standard InChI is InChI=1S/C9H9BrO2/c10-9(11-7-12-9)6-8-4-2-1-3-5-8/h1-5H,6-7H2. The number of halogens is 1. The highest BCUT2D eigenvalue weighted by atomic mass is 79.9. The Labute approximate surface area is 79.6 Å². The molecule has 2 rings (SSSR count). The van der Waals surface area contributed by atoms with E-state index in [9.17, 15) is 0 Å². The van der Waals surface area contributed by atoms with Gasteiger partial charge in [0, 0.05) is 6.42 Å². The third kappa shape index (κ3) is 1.68. The molecule has 1 aromatic carbocycles. The Morgan fingerprint density at radius 1 is 1.25 bits per heavy atom. The molecule has 0 bridgehead atoms. The van der Waals surface area contributed by atoms with Crippen molar-refractivity contribution in [3.63, 3.8) is 0 Å². The normalized spacial score (nSPS) is 20.1. The summed E-state index contributed by atoms with van der Waals surface area (Å²) in [7, 11) is 0. The fourth-order valence-corrected chi connectivity index (χ4v) is 1.64. The van der Waals surface area contributed by atoms with Crippen LogP contribution in [-0.2, 0) is 15.9 Å². The van der Waals surface area contributed by atoms with E-state index in [1.54, 1.807) is 0 Å². The monoisotopic (exact) mass is 228 g/mol. The number of rotatable bonds is 2. The molecule has 64 valence electrons. The number of alkyl halides is 1. The van der Waals surface area contributed by atoms with Crippen LogP contribution in [-0.4, -0.2) is 11.5 Å². The van der Waals surface area contributed by atoms with E-state index in [1.165, 1.54) is 5.56 Å². The number of hydrogen-bond donors (Lipinski definition) is 0. The van der Waals surface area contributed by atoms with Crippen molar-refractivity contribution in [2.24, 2.45) is 0 Å². The summed E-state index contributed by atoms with van der Waals surface area (Å²) >= 11 is 3.36. The molecular weight excluding hydrogens is 220 g/mol. The van der Waals surface area contributed by atoms with Gasteiger partial charge in [-0.3, -0.25) is 0 Å². The quantitative estimate of drug-likeness (QED) is 0.724. The zero-order valence-electron chi connectivity index (χ0n) is 6.50. The van der Waals surface area contributed by atoms with Gasteiger partial charge in [0.05, 0.1) is 0 Å². The minimum absolute atomic E-state index is 0.387. The molecule has 1 aromatic rings. The van der Waals surface area contributed by atoms with Gasteiger partial charge in [0.2, 0.25) is 4.70 Å². The molecule has 0 aliphatic carbocycles. The molecule has 1 aliphatic heterocycles. The Bertz CT molecular complexity index is 256. The first-order chi connectivity index (χ1) is 5.79. The van der Waals surface area contributed by atoms with Gasteiger partial charge < -0.3 is 9.47 Å². The van der Waals surface area contributed by atoms with Crippen molar-refractivity contribution < 1.29 is 9.47 Å². The summed E-state index contributed by atoms with van der Waals surface area (Å²) < 4.78 is 9.87. The molecule has 0 amide bonds. The molecule has 0 spiro atoms. The first kappa shape index (κ1) is 8.23. The minimum Gasteiger partial charge on any atom is -0.313 e. The Kier molecular flexibility index (Phi) is 2.17. The van der Waals surface area contributed by atoms with Gasteiger partial charge in [0.15, 0.2) is 6.79 Å². The summed E-state index contributed by atoms with van der Waals surface area (Å²) in [5.41, 5.74) is 1.20. The van der Waals surface area contributed by atoms with Crippen molar-refractivity contribution in [3.05, 3.63) is 35.9 Å². The van der Waals surface area contributed by atoms with Crippen LogP contribution in [0.15, 0.2) is 30.3 Å². The second-order valence-electron chi connectivity index (χ2n) is 2.73. The van der Waals surface area contributed by atoms with Crippen LogP contribution >= 0.6 is 15.9 Å². The lowest BCUT2D eigenvalue weighted by molar-refractivity contribution is -0.339. The average Bonchev–Trinajstić information content (AvgIpc) is 2.04. The lowest BCUT2D eigenvalue weighted by atomic mass is 10.1. The third-order valence-corrected chi connectivity index (χ3v) is 2.55. The topological polar surface area (TPSA) is 18.5 Å². The Morgan fingerprint density at radius 2 is 1.92 bits per heavy atom. The largest absolute Gasteiger partial charge is 0.313 e. The van der Waals surface area contributed by atoms with E-state index >= 15 is 0 Å². The predicted octanol–water partition coefficient (Wildman–Crippen LogP) is 2.28. The second kappa shape index (κ2) is 3.17. The summed E-state index contributed by atoms with van der Waals surface area (Å²) in [6, 6.07) is 10.1. The van der Waals surface area contributed by atoms with Crippen molar-refractivity contribution in [1.82, 2.24) is 0 Å². The van der Waals surface area contributed by atoms with Crippen LogP contribution in [0.4, 0.5) is 0 Å². The number of hydrogen-bond acceptors (Lipinski definition) is 2. The highest BCUT2D eigenvalue weighted by Crippen LogP contribution is 2.33. The summed E-state index contributed by atoms with van der Waals surface area (Å²) in [6.07, 6.45) is 0.744. The predicted molar refractivity (Wildman–Crippen MR) is 48.8 cm³/mol. The van der Waals surface area contributed by atoms with E-state index in [1.807, 2.05) is 30.3 Å². The molecule has 0 saturated carbocycles. The minimum atomic E-state index is -0.561. The summed E-state index contributed by atoms with van der Waals surface area (Å²) in [5.74, 6) is 0. The Balaban J connectivity index is 2.04. The van der Waals surface area contributed by atoms with E-state index in [4.69, 9.17) is 9.47 Å². The molecule has 0 N–H and O–H groups in total. The first-order valence-electron chi connectivity index (χ1n) is 3.79. The Hall–Kier alpha value is -0.380. The SMILES string of the molecule is BrC1(Cc2ccccc2)OCO1. The van der Waals surface area contributed by atoms with Gasteiger partial charge in [-0.15, -0.1) is 0 Å². The third-order valence-electron chi connectivity index (χ3n) is 1.81. The van der Waals surface area contributed by atoms with Gasteiger partial charge >= 0.3 is 0 Å². The van der Waals surface area contributed by atoms with Crippen molar-refractivity contribution in [3.8, 4) is 0 Å². The molecule has 1 saturated heterocycles. The number of ether oxygens (including phenoxy) is 2. The molecule has 12 heavy (non-hydrogen) atoms. The van der Waals surface area contributed by atoms with Crippen LogP contribution < -0.4 is 0 Å². The van der Waals surface area contributed by atoms with Crippen LogP contribution in [0.2, 0.25) is 0 Å². The van der Waals surface area contributed by atoms with Crippen LogP contribution in [0.1, 0.15) is 5.56 Å².